The number of nitriles is 1. The summed E-state index contributed by atoms with van der Waals surface area (Å²) >= 11 is 0.833. The van der Waals surface area contributed by atoms with Gasteiger partial charge in [-0.3, -0.25) is 19.3 Å². The van der Waals surface area contributed by atoms with Gasteiger partial charge in [0.25, 0.3) is 11.1 Å². The molecule has 0 spiro atoms. The number of hydrogen-bond acceptors (Lipinski definition) is 7. The van der Waals surface area contributed by atoms with Gasteiger partial charge >= 0.3 is 5.97 Å². The van der Waals surface area contributed by atoms with E-state index in [1.54, 1.807) is 55.5 Å². The second-order valence-corrected chi connectivity index (χ2v) is 7.26. The quantitative estimate of drug-likeness (QED) is 0.392. The lowest BCUT2D eigenvalue weighted by Crippen LogP contribution is -2.27. The van der Waals surface area contributed by atoms with Crippen molar-refractivity contribution in [3.8, 4) is 17.6 Å². The van der Waals surface area contributed by atoms with Gasteiger partial charge in [-0.05, 0) is 54.1 Å². The molecule has 1 saturated heterocycles. The summed E-state index contributed by atoms with van der Waals surface area (Å²) in [6, 6.07) is 13.8. The maximum Gasteiger partial charge on any atom is 0.308 e. The first-order valence-corrected chi connectivity index (χ1v) is 9.93. The van der Waals surface area contributed by atoms with Gasteiger partial charge in [-0.2, -0.15) is 5.26 Å². The highest BCUT2D eigenvalue weighted by atomic mass is 32.2. The van der Waals surface area contributed by atoms with E-state index in [1.807, 2.05) is 0 Å². The second-order valence-electron chi connectivity index (χ2n) is 6.27. The third kappa shape index (κ3) is 4.70. The summed E-state index contributed by atoms with van der Waals surface area (Å²) in [7, 11) is 0. The van der Waals surface area contributed by atoms with Crippen LogP contribution < -0.4 is 9.47 Å². The van der Waals surface area contributed by atoms with Gasteiger partial charge in [0.2, 0.25) is 0 Å². The Kier molecular flexibility index (Phi) is 6.54. The van der Waals surface area contributed by atoms with Gasteiger partial charge in [0.1, 0.15) is 0 Å². The summed E-state index contributed by atoms with van der Waals surface area (Å²) in [6.45, 7) is 3.49. The molecule has 0 aliphatic carbocycles. The molecule has 1 heterocycles. The van der Waals surface area contributed by atoms with Crippen molar-refractivity contribution in [3.05, 3.63) is 64.1 Å². The lowest BCUT2D eigenvalue weighted by molar-refractivity contribution is -0.132. The van der Waals surface area contributed by atoms with Crippen molar-refractivity contribution in [2.24, 2.45) is 0 Å². The maximum atomic E-state index is 12.8. The van der Waals surface area contributed by atoms with E-state index in [-0.39, 0.29) is 17.2 Å². The van der Waals surface area contributed by atoms with Gasteiger partial charge < -0.3 is 9.47 Å². The number of hydrogen-bond donors (Lipinski definition) is 0. The monoisotopic (exact) mass is 422 g/mol. The molecule has 2 amide bonds. The van der Waals surface area contributed by atoms with Crippen LogP contribution in [0.3, 0.4) is 0 Å². The Morgan fingerprint density at radius 2 is 1.97 bits per heavy atom. The predicted octanol–water partition coefficient (Wildman–Crippen LogP) is 4.12. The van der Waals surface area contributed by atoms with Crippen molar-refractivity contribution >= 4 is 35.0 Å². The molecule has 0 aromatic heterocycles. The van der Waals surface area contributed by atoms with Crippen molar-refractivity contribution in [1.29, 1.82) is 5.26 Å². The molecule has 0 bridgehead atoms. The van der Waals surface area contributed by atoms with Crippen LogP contribution in [0.2, 0.25) is 0 Å². The molecule has 0 atom stereocenters. The molecular weight excluding hydrogens is 404 g/mol. The number of esters is 1. The van der Waals surface area contributed by atoms with E-state index in [0.717, 1.165) is 16.7 Å². The lowest BCUT2D eigenvalue weighted by Gasteiger charge is -2.13. The van der Waals surface area contributed by atoms with E-state index < -0.39 is 17.1 Å². The Labute approximate surface area is 177 Å². The number of carbonyl (C=O) groups excluding carboxylic acids is 3. The summed E-state index contributed by atoms with van der Waals surface area (Å²) in [4.78, 5) is 37.8. The van der Waals surface area contributed by atoms with Gasteiger partial charge in [0.05, 0.1) is 29.7 Å². The van der Waals surface area contributed by atoms with Gasteiger partial charge in [-0.1, -0.05) is 24.3 Å². The summed E-state index contributed by atoms with van der Waals surface area (Å²) in [5.41, 5.74) is 1.65. The molecule has 3 rings (SSSR count). The normalized spacial score (nSPS) is 14.7. The van der Waals surface area contributed by atoms with Crippen LogP contribution in [-0.2, 0) is 16.1 Å². The van der Waals surface area contributed by atoms with Gasteiger partial charge in [-0.25, -0.2) is 0 Å². The second kappa shape index (κ2) is 9.29. The highest BCUT2D eigenvalue weighted by Gasteiger charge is 2.35. The number of benzene rings is 2. The van der Waals surface area contributed by atoms with E-state index in [1.165, 1.54) is 6.92 Å². The Morgan fingerprint density at radius 1 is 1.20 bits per heavy atom. The number of carbonyl (C=O) groups is 3. The zero-order valence-electron chi connectivity index (χ0n) is 16.4. The van der Waals surface area contributed by atoms with Crippen LogP contribution in [0.15, 0.2) is 47.4 Å². The molecular formula is C22H18N2O5S. The van der Waals surface area contributed by atoms with Gasteiger partial charge in [-0.15, -0.1) is 0 Å². The minimum Gasteiger partial charge on any atom is -0.490 e. The number of imide groups is 1. The lowest BCUT2D eigenvalue weighted by atomic mass is 10.1. The van der Waals surface area contributed by atoms with Crippen molar-refractivity contribution in [1.82, 2.24) is 4.90 Å². The average Bonchev–Trinajstić information content (AvgIpc) is 2.97. The fourth-order valence-electron chi connectivity index (χ4n) is 2.85. The Morgan fingerprint density at radius 3 is 2.67 bits per heavy atom. The predicted molar refractivity (Wildman–Crippen MR) is 112 cm³/mol. The van der Waals surface area contributed by atoms with Crippen molar-refractivity contribution < 1.29 is 23.9 Å². The van der Waals surface area contributed by atoms with Crippen LogP contribution >= 0.6 is 11.8 Å². The van der Waals surface area contributed by atoms with E-state index in [4.69, 9.17) is 9.47 Å². The molecule has 1 aliphatic heterocycles. The third-order valence-electron chi connectivity index (χ3n) is 4.16. The summed E-state index contributed by atoms with van der Waals surface area (Å²) in [6.07, 6.45) is 1.58. The molecule has 30 heavy (non-hydrogen) atoms. The largest absolute Gasteiger partial charge is 0.490 e. The van der Waals surface area contributed by atoms with Crippen LogP contribution in [0.25, 0.3) is 6.08 Å². The van der Waals surface area contributed by atoms with E-state index in [2.05, 4.69) is 6.07 Å². The summed E-state index contributed by atoms with van der Waals surface area (Å²) in [5, 5.41) is 8.82. The first kappa shape index (κ1) is 21.1. The number of nitrogens with zero attached hydrogens (tertiary/aromatic N) is 2. The minimum absolute atomic E-state index is 0.0291. The number of rotatable bonds is 6. The van der Waals surface area contributed by atoms with Crippen molar-refractivity contribution in [2.45, 2.75) is 20.4 Å². The first-order valence-electron chi connectivity index (χ1n) is 9.11. The Balaban J connectivity index is 1.85. The van der Waals surface area contributed by atoms with Crippen molar-refractivity contribution in [3.63, 3.8) is 0 Å². The zero-order chi connectivity index (χ0) is 21.7. The zero-order valence-corrected chi connectivity index (χ0v) is 17.2. The third-order valence-corrected chi connectivity index (χ3v) is 5.07. The molecule has 2 aromatic rings. The van der Waals surface area contributed by atoms with Gasteiger partial charge in [0, 0.05) is 6.92 Å². The molecule has 0 saturated carbocycles. The molecule has 152 valence electrons. The molecule has 7 nitrogen and oxygen atoms in total. The summed E-state index contributed by atoms with van der Waals surface area (Å²) in [5.74, 6) is -0.256. The van der Waals surface area contributed by atoms with Crippen LogP contribution in [0, 0.1) is 11.3 Å². The van der Waals surface area contributed by atoms with E-state index in [0.29, 0.717) is 29.0 Å². The molecule has 2 aromatic carbocycles. The fourth-order valence-corrected chi connectivity index (χ4v) is 3.69. The Bertz CT molecular complexity index is 1090. The summed E-state index contributed by atoms with van der Waals surface area (Å²) < 4.78 is 10.6. The molecule has 1 fully saturated rings. The molecule has 8 heteroatoms. The Hall–Kier alpha value is -3.57. The number of thioether (sulfide) groups is 1. The van der Waals surface area contributed by atoms with Crippen LogP contribution in [0.1, 0.15) is 30.5 Å². The van der Waals surface area contributed by atoms with Crippen molar-refractivity contribution in [2.75, 3.05) is 6.61 Å². The minimum atomic E-state index is -0.470. The molecule has 1 aliphatic rings. The first-order chi connectivity index (χ1) is 14.4. The van der Waals surface area contributed by atoms with Crippen LogP contribution in [0.4, 0.5) is 4.79 Å². The number of ether oxygens (including phenoxy) is 2. The highest BCUT2D eigenvalue weighted by molar-refractivity contribution is 8.18. The smallest absolute Gasteiger partial charge is 0.308 e. The topological polar surface area (TPSA) is 96.7 Å². The average molecular weight is 422 g/mol. The molecule has 0 radical (unpaired) electrons. The van der Waals surface area contributed by atoms with E-state index in [9.17, 15) is 19.6 Å². The van der Waals surface area contributed by atoms with Gasteiger partial charge in [0.15, 0.2) is 11.5 Å². The standard InChI is InChI=1S/C22H18N2O5S/c1-3-28-19-10-15(8-9-18(19)29-14(2)25)11-20-21(26)24(22(27)30-20)13-17-7-5-4-6-16(17)12-23/h4-11H,3,13H2,1-2H3/b20-11+. The fraction of sp³-hybridized carbons (Fsp3) is 0.182. The maximum absolute atomic E-state index is 12.8. The SMILES string of the molecule is CCOc1cc(/C=C2/SC(=O)N(Cc3ccccc3C#N)C2=O)ccc1OC(C)=O. The van der Waals surface area contributed by atoms with E-state index >= 15 is 0 Å². The number of amides is 2. The highest BCUT2D eigenvalue weighted by Crippen LogP contribution is 2.35. The molecule has 0 unspecified atom stereocenters. The van der Waals surface area contributed by atoms with Crippen LogP contribution in [-0.4, -0.2) is 28.6 Å². The van der Waals surface area contributed by atoms with Crippen LogP contribution in [0.5, 0.6) is 11.5 Å². The molecule has 0 N–H and O–H groups in total.